The number of benzene rings is 1. The zero-order valence-electron chi connectivity index (χ0n) is 13.4. The topological polar surface area (TPSA) is 35.5 Å². The number of anilines is 1. The average molecular weight is 288 g/mol. The summed E-state index contributed by atoms with van der Waals surface area (Å²) >= 11 is 0. The molecule has 3 heteroatoms. The number of aryl methyl sites for hydroxylation is 1. The van der Waals surface area contributed by atoms with E-state index in [1.54, 1.807) is 0 Å². The second kappa shape index (κ2) is 5.98. The van der Waals surface area contributed by atoms with Crippen molar-refractivity contribution in [1.82, 2.24) is 5.32 Å². The smallest absolute Gasteiger partial charge is 0.0709 e. The van der Waals surface area contributed by atoms with Gasteiger partial charge in [-0.05, 0) is 50.4 Å². The molecule has 2 fully saturated rings. The van der Waals surface area contributed by atoms with Crippen LogP contribution in [0.2, 0.25) is 0 Å². The molecule has 3 rings (SSSR count). The van der Waals surface area contributed by atoms with Crippen LogP contribution in [0.25, 0.3) is 0 Å². The van der Waals surface area contributed by atoms with Crippen LogP contribution in [0.4, 0.5) is 5.69 Å². The van der Waals surface area contributed by atoms with Gasteiger partial charge in [0.05, 0.1) is 5.60 Å². The van der Waals surface area contributed by atoms with Crippen molar-refractivity contribution in [2.24, 2.45) is 5.92 Å². The van der Waals surface area contributed by atoms with E-state index in [0.29, 0.717) is 5.92 Å². The van der Waals surface area contributed by atoms with E-state index in [2.05, 4.69) is 35.3 Å². The quantitative estimate of drug-likeness (QED) is 0.898. The van der Waals surface area contributed by atoms with Crippen LogP contribution in [0.3, 0.4) is 0 Å². The number of nitrogens with one attached hydrogen (secondary N) is 1. The first-order valence-electron chi connectivity index (χ1n) is 8.34. The molecule has 1 aliphatic carbocycles. The van der Waals surface area contributed by atoms with Gasteiger partial charge >= 0.3 is 0 Å². The third-order valence-corrected chi connectivity index (χ3v) is 5.41. The Hall–Kier alpha value is -1.06. The molecule has 1 aliphatic heterocycles. The lowest BCUT2D eigenvalue weighted by Crippen LogP contribution is -2.53. The lowest BCUT2D eigenvalue weighted by Gasteiger charge is -2.48. The molecule has 1 heterocycles. The van der Waals surface area contributed by atoms with Crippen LogP contribution in [-0.2, 0) is 6.54 Å². The van der Waals surface area contributed by atoms with Crippen LogP contribution in [0.5, 0.6) is 0 Å². The minimum absolute atomic E-state index is 0.380. The van der Waals surface area contributed by atoms with E-state index in [0.717, 1.165) is 32.5 Å². The largest absolute Gasteiger partial charge is 0.389 e. The summed E-state index contributed by atoms with van der Waals surface area (Å²) in [6, 6.07) is 6.77. The van der Waals surface area contributed by atoms with Gasteiger partial charge in [-0.15, -0.1) is 0 Å². The highest BCUT2D eigenvalue weighted by molar-refractivity contribution is 5.55. The van der Waals surface area contributed by atoms with Crippen molar-refractivity contribution < 1.29 is 5.11 Å². The van der Waals surface area contributed by atoms with Crippen LogP contribution < -0.4 is 10.2 Å². The lowest BCUT2D eigenvalue weighted by atomic mass is 9.71. The maximum absolute atomic E-state index is 10.8. The Labute approximate surface area is 128 Å². The Morgan fingerprint density at radius 2 is 2.19 bits per heavy atom. The maximum Gasteiger partial charge on any atom is 0.0709 e. The molecule has 0 radical (unpaired) electrons. The molecule has 1 saturated heterocycles. The maximum atomic E-state index is 10.8. The van der Waals surface area contributed by atoms with Crippen molar-refractivity contribution >= 4 is 5.69 Å². The van der Waals surface area contributed by atoms with Gasteiger partial charge in [0.1, 0.15) is 0 Å². The van der Waals surface area contributed by atoms with Crippen LogP contribution in [0.15, 0.2) is 18.2 Å². The summed E-state index contributed by atoms with van der Waals surface area (Å²) in [6.45, 7) is 5.13. The van der Waals surface area contributed by atoms with Gasteiger partial charge in [0.25, 0.3) is 0 Å². The van der Waals surface area contributed by atoms with Crippen molar-refractivity contribution in [1.29, 1.82) is 0 Å². The van der Waals surface area contributed by atoms with Crippen molar-refractivity contribution in [2.45, 2.75) is 51.2 Å². The lowest BCUT2D eigenvalue weighted by molar-refractivity contribution is -0.0612. The third kappa shape index (κ3) is 2.95. The molecule has 2 atom stereocenters. The van der Waals surface area contributed by atoms with Crippen LogP contribution in [0, 0.1) is 12.8 Å². The second-order valence-electron chi connectivity index (χ2n) is 6.89. The number of hydrogen-bond acceptors (Lipinski definition) is 3. The van der Waals surface area contributed by atoms with E-state index >= 15 is 0 Å². The summed E-state index contributed by atoms with van der Waals surface area (Å²) in [7, 11) is 1.98. The second-order valence-corrected chi connectivity index (χ2v) is 6.89. The fourth-order valence-electron chi connectivity index (χ4n) is 4.18. The molecule has 0 bridgehead atoms. The number of rotatable bonds is 3. The molecule has 2 unspecified atom stereocenters. The van der Waals surface area contributed by atoms with Gasteiger partial charge in [-0.2, -0.15) is 0 Å². The summed E-state index contributed by atoms with van der Waals surface area (Å²) in [4.78, 5) is 2.49. The predicted molar refractivity (Wildman–Crippen MR) is 87.7 cm³/mol. The molecule has 2 N–H and O–H groups in total. The fourth-order valence-corrected chi connectivity index (χ4v) is 4.18. The molecule has 1 saturated carbocycles. The highest BCUT2D eigenvalue weighted by Gasteiger charge is 2.42. The van der Waals surface area contributed by atoms with Gasteiger partial charge in [-0.1, -0.05) is 25.0 Å². The van der Waals surface area contributed by atoms with Crippen molar-refractivity contribution in [3.05, 3.63) is 29.3 Å². The van der Waals surface area contributed by atoms with Gasteiger partial charge in [0, 0.05) is 31.2 Å². The number of aliphatic hydroxyl groups is 1. The van der Waals surface area contributed by atoms with Gasteiger partial charge < -0.3 is 15.3 Å². The molecule has 0 amide bonds. The third-order valence-electron chi connectivity index (χ3n) is 5.41. The summed E-state index contributed by atoms with van der Waals surface area (Å²) in [5.74, 6) is 0.455. The Bertz CT molecular complexity index is 502. The Morgan fingerprint density at radius 1 is 1.33 bits per heavy atom. The van der Waals surface area contributed by atoms with E-state index in [1.807, 2.05) is 7.05 Å². The van der Waals surface area contributed by atoms with E-state index in [4.69, 9.17) is 0 Å². The van der Waals surface area contributed by atoms with Gasteiger partial charge in [-0.3, -0.25) is 0 Å². The first kappa shape index (κ1) is 14.9. The average Bonchev–Trinajstić information content (AvgIpc) is 2.47. The number of piperidine rings is 1. The monoisotopic (exact) mass is 288 g/mol. The molecule has 3 nitrogen and oxygen atoms in total. The van der Waals surface area contributed by atoms with E-state index in [-0.39, 0.29) is 5.60 Å². The summed E-state index contributed by atoms with van der Waals surface area (Å²) in [5, 5.41) is 14.0. The highest BCUT2D eigenvalue weighted by atomic mass is 16.3. The summed E-state index contributed by atoms with van der Waals surface area (Å²) in [5.41, 5.74) is 3.66. The number of nitrogens with zero attached hydrogens (tertiary/aromatic N) is 1. The molecule has 2 aliphatic rings. The molecule has 1 aromatic carbocycles. The minimum Gasteiger partial charge on any atom is -0.389 e. The first-order chi connectivity index (χ1) is 10.1. The van der Waals surface area contributed by atoms with Crippen LogP contribution in [-0.4, -0.2) is 30.8 Å². The van der Waals surface area contributed by atoms with E-state index in [9.17, 15) is 5.11 Å². The zero-order chi connectivity index (χ0) is 14.9. The van der Waals surface area contributed by atoms with Crippen molar-refractivity contribution in [3.63, 3.8) is 0 Å². The molecule has 0 spiro atoms. The van der Waals surface area contributed by atoms with Crippen LogP contribution >= 0.6 is 0 Å². The Balaban J connectivity index is 1.76. The Morgan fingerprint density at radius 3 is 2.95 bits per heavy atom. The fraction of sp³-hybridized carbons (Fsp3) is 0.667. The van der Waals surface area contributed by atoms with Gasteiger partial charge in [0.2, 0.25) is 0 Å². The SMILES string of the molecule is CNCc1ccc(N2CCC3(O)CCCCC3C2)c(C)c1. The Kier molecular flexibility index (Phi) is 4.23. The van der Waals surface area contributed by atoms with Crippen LogP contribution in [0.1, 0.15) is 43.2 Å². The molecule has 116 valence electrons. The molecule has 1 aromatic rings. The van der Waals surface area contributed by atoms with Gasteiger partial charge in [0.15, 0.2) is 0 Å². The van der Waals surface area contributed by atoms with Crippen molar-refractivity contribution in [2.75, 3.05) is 25.0 Å². The highest BCUT2D eigenvalue weighted by Crippen LogP contribution is 2.41. The first-order valence-corrected chi connectivity index (χ1v) is 8.34. The van der Waals surface area contributed by atoms with Crippen molar-refractivity contribution in [3.8, 4) is 0 Å². The predicted octanol–water partition coefficient (Wildman–Crippen LogP) is 2.85. The molecule has 21 heavy (non-hydrogen) atoms. The zero-order valence-corrected chi connectivity index (χ0v) is 13.4. The number of fused-ring (bicyclic) bond motifs is 1. The molecular formula is C18H28N2O. The number of hydrogen-bond donors (Lipinski definition) is 2. The molecular weight excluding hydrogens is 260 g/mol. The molecule has 0 aromatic heterocycles. The minimum atomic E-state index is -0.380. The van der Waals surface area contributed by atoms with E-state index in [1.165, 1.54) is 36.1 Å². The van der Waals surface area contributed by atoms with E-state index < -0.39 is 0 Å². The standard InChI is InChI=1S/C18H28N2O/c1-14-11-15(12-19-2)6-7-17(14)20-10-9-18(21)8-4-3-5-16(18)13-20/h6-7,11,16,19,21H,3-5,8-10,12-13H2,1-2H3. The van der Waals surface area contributed by atoms with Gasteiger partial charge in [-0.25, -0.2) is 0 Å². The normalized spacial score (nSPS) is 29.3. The summed E-state index contributed by atoms with van der Waals surface area (Å²) < 4.78 is 0. The summed E-state index contributed by atoms with van der Waals surface area (Å²) in [6.07, 6.45) is 5.59.